The molecule has 0 radical (unpaired) electrons. The van der Waals surface area contributed by atoms with Gasteiger partial charge < -0.3 is 20.8 Å². The number of aromatic nitrogens is 3. The number of rotatable bonds is 9. The Morgan fingerprint density at radius 1 is 1.20 bits per heavy atom. The number of carbonyl (C=O) groups is 1. The highest BCUT2D eigenvalue weighted by molar-refractivity contribution is 7.80. The van der Waals surface area contributed by atoms with E-state index in [9.17, 15) is 22.4 Å². The number of nitrogens with zero attached hydrogens (tertiary/aromatic N) is 5. The fourth-order valence-corrected chi connectivity index (χ4v) is 6.03. The van der Waals surface area contributed by atoms with Crippen LogP contribution < -0.4 is 11.1 Å². The monoisotopic (exact) mass is 609 g/mol. The van der Waals surface area contributed by atoms with Gasteiger partial charge in [0.25, 0.3) is 12.9 Å². The second-order valence-electron chi connectivity index (χ2n) is 9.73. The summed E-state index contributed by atoms with van der Waals surface area (Å²) in [5.41, 5.74) is 7.60. The molecule has 0 spiro atoms. The number of alkyl halides is 4. The summed E-state index contributed by atoms with van der Waals surface area (Å²) < 4.78 is 53.1. The zero-order valence-corrected chi connectivity index (χ0v) is 23.3. The van der Waals surface area contributed by atoms with Crippen molar-refractivity contribution in [1.82, 2.24) is 25.0 Å². The van der Waals surface area contributed by atoms with Gasteiger partial charge in [-0.3, -0.25) is 9.48 Å². The molecule has 1 aromatic carbocycles. The first-order chi connectivity index (χ1) is 19.7. The van der Waals surface area contributed by atoms with Crippen molar-refractivity contribution in [3.05, 3.63) is 68.9 Å². The normalized spacial score (nSPS) is 17.7. The SMILES string of the molecule is NC(=S)NCc1ccccc1C1CC(c2csc(C3CCN(C(=O)Cn4nc(C(F)F)cc4C(F)F)CC3)n2)=NO1. The van der Waals surface area contributed by atoms with Crippen molar-refractivity contribution in [2.75, 3.05) is 13.1 Å². The molecule has 218 valence electrons. The summed E-state index contributed by atoms with van der Waals surface area (Å²) in [7, 11) is 0. The molecule has 9 nitrogen and oxygen atoms in total. The molecule has 2 aliphatic rings. The van der Waals surface area contributed by atoms with Gasteiger partial charge in [0.15, 0.2) is 11.2 Å². The number of benzene rings is 1. The lowest BCUT2D eigenvalue weighted by Gasteiger charge is -2.31. The fraction of sp³-hybridized carbons (Fsp3) is 0.423. The summed E-state index contributed by atoms with van der Waals surface area (Å²) in [5.74, 6) is -0.323. The minimum Gasteiger partial charge on any atom is -0.387 e. The lowest BCUT2D eigenvalue weighted by molar-refractivity contribution is -0.133. The van der Waals surface area contributed by atoms with Gasteiger partial charge in [0, 0.05) is 42.9 Å². The molecule has 0 bridgehead atoms. The molecule has 1 saturated heterocycles. The van der Waals surface area contributed by atoms with Crippen molar-refractivity contribution in [2.24, 2.45) is 10.9 Å². The van der Waals surface area contributed by atoms with E-state index in [2.05, 4.69) is 15.6 Å². The van der Waals surface area contributed by atoms with E-state index < -0.39 is 36.7 Å². The molecular weight excluding hydrogens is 582 g/mol. The van der Waals surface area contributed by atoms with E-state index in [4.69, 9.17) is 27.8 Å². The number of piperidine rings is 1. The Bertz CT molecular complexity index is 1440. The van der Waals surface area contributed by atoms with Gasteiger partial charge in [0.1, 0.15) is 23.6 Å². The maximum Gasteiger partial charge on any atom is 0.282 e. The Labute approximate surface area is 242 Å². The second-order valence-corrected chi connectivity index (χ2v) is 11.1. The summed E-state index contributed by atoms with van der Waals surface area (Å²) in [6, 6.07) is 8.48. The molecule has 3 N–H and O–H groups in total. The van der Waals surface area contributed by atoms with Crippen molar-refractivity contribution in [3.63, 3.8) is 0 Å². The van der Waals surface area contributed by atoms with Gasteiger partial charge in [-0.2, -0.15) is 5.10 Å². The lowest BCUT2D eigenvalue weighted by Crippen LogP contribution is -2.40. The number of thiazole rings is 1. The second kappa shape index (κ2) is 12.5. The van der Waals surface area contributed by atoms with Crippen molar-refractivity contribution in [3.8, 4) is 0 Å². The third-order valence-corrected chi connectivity index (χ3v) is 8.25. The Balaban J connectivity index is 1.16. The van der Waals surface area contributed by atoms with E-state index in [1.165, 1.54) is 11.3 Å². The van der Waals surface area contributed by atoms with E-state index in [-0.39, 0.29) is 17.1 Å². The van der Waals surface area contributed by atoms with E-state index in [1.54, 1.807) is 4.90 Å². The summed E-state index contributed by atoms with van der Waals surface area (Å²) in [6.45, 7) is 0.759. The molecule has 2 aromatic heterocycles. The molecule has 1 atom stereocenters. The van der Waals surface area contributed by atoms with Gasteiger partial charge in [-0.15, -0.1) is 11.3 Å². The molecule has 15 heteroatoms. The van der Waals surface area contributed by atoms with Gasteiger partial charge in [0.2, 0.25) is 5.91 Å². The highest BCUT2D eigenvalue weighted by Gasteiger charge is 2.30. The van der Waals surface area contributed by atoms with Crippen LogP contribution >= 0.6 is 23.6 Å². The van der Waals surface area contributed by atoms with Crippen LogP contribution in [-0.4, -0.2) is 49.5 Å². The fourth-order valence-electron chi connectivity index (χ4n) is 4.96. The van der Waals surface area contributed by atoms with Crippen LogP contribution in [0.1, 0.15) is 77.4 Å². The third-order valence-electron chi connectivity index (χ3n) is 7.10. The van der Waals surface area contributed by atoms with Crippen LogP contribution in [0.4, 0.5) is 17.6 Å². The number of hydrogen-bond donors (Lipinski definition) is 2. The van der Waals surface area contributed by atoms with Crippen molar-refractivity contribution < 1.29 is 27.2 Å². The molecule has 4 heterocycles. The van der Waals surface area contributed by atoms with Crippen molar-refractivity contribution in [1.29, 1.82) is 0 Å². The van der Waals surface area contributed by atoms with Crippen LogP contribution in [0.5, 0.6) is 0 Å². The summed E-state index contributed by atoms with van der Waals surface area (Å²) in [6.07, 6.45) is -4.44. The van der Waals surface area contributed by atoms with Gasteiger partial charge in [-0.25, -0.2) is 22.5 Å². The molecule has 0 saturated carbocycles. The predicted octanol–water partition coefficient (Wildman–Crippen LogP) is 4.82. The van der Waals surface area contributed by atoms with Crippen LogP contribution in [0.15, 0.2) is 40.9 Å². The smallest absolute Gasteiger partial charge is 0.282 e. The molecule has 5 rings (SSSR count). The third kappa shape index (κ3) is 6.67. The summed E-state index contributed by atoms with van der Waals surface area (Å²) in [4.78, 5) is 24.9. The van der Waals surface area contributed by atoms with Crippen LogP contribution in [0.2, 0.25) is 0 Å². The Morgan fingerprint density at radius 2 is 1.95 bits per heavy atom. The average Bonchev–Trinajstić information content (AvgIpc) is 3.72. The molecule has 1 fully saturated rings. The van der Waals surface area contributed by atoms with Crippen LogP contribution in [0.3, 0.4) is 0 Å². The number of thiocarbonyl (C=S) groups is 1. The molecule has 2 aliphatic heterocycles. The standard InChI is InChI=1S/C26H27F4N7O2S2/c27-23(28)18-9-20(24(29)30)37(34-18)12-22(38)36-7-5-14(6-8-36)25-33-19(13-41-25)17-10-21(39-35-17)16-4-2-1-3-15(16)11-32-26(31)40/h1-4,9,13-14,21,23-24H,5-8,10-12H2,(H3,31,32,40). The molecular formula is C26H27F4N7O2S2. The lowest BCUT2D eigenvalue weighted by atomic mass is 9.97. The molecule has 1 unspecified atom stereocenters. The van der Waals surface area contributed by atoms with Crippen molar-refractivity contribution >= 4 is 40.3 Å². The topological polar surface area (TPSA) is 111 Å². The number of amides is 1. The number of nitrogens with two attached hydrogens (primary N) is 1. The molecule has 0 aliphatic carbocycles. The minimum absolute atomic E-state index is 0.121. The minimum atomic E-state index is -3.01. The highest BCUT2D eigenvalue weighted by Crippen LogP contribution is 2.35. The zero-order chi connectivity index (χ0) is 29.1. The molecule has 41 heavy (non-hydrogen) atoms. The number of halogens is 4. The van der Waals surface area contributed by atoms with Gasteiger partial charge in [0.05, 0.1) is 10.7 Å². The quantitative estimate of drug-likeness (QED) is 0.264. The maximum absolute atomic E-state index is 13.3. The van der Waals surface area contributed by atoms with E-state index >= 15 is 0 Å². The Kier molecular flexibility index (Phi) is 8.82. The van der Waals surface area contributed by atoms with E-state index in [1.807, 2.05) is 29.6 Å². The first-order valence-electron chi connectivity index (χ1n) is 12.9. The van der Waals surface area contributed by atoms with E-state index in [0.29, 0.717) is 49.6 Å². The van der Waals surface area contributed by atoms with Crippen LogP contribution in [-0.2, 0) is 22.7 Å². The Hall–Kier alpha value is -3.59. The first-order valence-corrected chi connectivity index (χ1v) is 14.2. The average molecular weight is 610 g/mol. The maximum atomic E-state index is 13.3. The largest absolute Gasteiger partial charge is 0.387 e. The van der Waals surface area contributed by atoms with Gasteiger partial charge in [-0.1, -0.05) is 29.4 Å². The number of carbonyl (C=O) groups excluding carboxylic acids is 1. The van der Waals surface area contributed by atoms with E-state index in [0.717, 1.165) is 27.5 Å². The number of oxime groups is 1. The zero-order valence-electron chi connectivity index (χ0n) is 21.7. The molecule has 1 amide bonds. The van der Waals surface area contributed by atoms with Gasteiger partial charge in [-0.05, 0) is 36.7 Å². The summed E-state index contributed by atoms with van der Waals surface area (Å²) in [5, 5.41) is 13.9. The van der Waals surface area contributed by atoms with Crippen molar-refractivity contribution in [2.45, 2.75) is 57.2 Å². The number of likely N-dealkylation sites (tertiary alicyclic amines) is 1. The number of nitrogens with one attached hydrogen (secondary N) is 1. The highest BCUT2D eigenvalue weighted by atomic mass is 32.1. The Morgan fingerprint density at radius 3 is 2.66 bits per heavy atom. The first kappa shape index (κ1) is 28.9. The van der Waals surface area contributed by atoms with Gasteiger partial charge >= 0.3 is 0 Å². The number of hydrogen-bond acceptors (Lipinski definition) is 7. The summed E-state index contributed by atoms with van der Waals surface area (Å²) >= 11 is 6.43. The van der Waals surface area contributed by atoms with Crippen LogP contribution in [0, 0.1) is 0 Å². The predicted molar refractivity (Wildman–Crippen MR) is 148 cm³/mol. The molecule has 3 aromatic rings. The van der Waals surface area contributed by atoms with Crippen LogP contribution in [0.25, 0.3) is 0 Å².